The van der Waals surface area contributed by atoms with Gasteiger partial charge in [-0.3, -0.25) is 9.59 Å². The number of aromatic hydroxyl groups is 2. The van der Waals surface area contributed by atoms with Gasteiger partial charge in [0.25, 0.3) is 5.91 Å². The van der Waals surface area contributed by atoms with Crippen LogP contribution in [0.5, 0.6) is 17.2 Å². The topological polar surface area (TPSA) is 137 Å². The lowest BCUT2D eigenvalue weighted by Crippen LogP contribution is -2.54. The van der Waals surface area contributed by atoms with Crippen LogP contribution in [0.3, 0.4) is 0 Å². The molecule has 1 saturated carbocycles. The van der Waals surface area contributed by atoms with Crippen LogP contribution in [-0.4, -0.2) is 57.8 Å². The molecule has 4 N–H and O–H groups in total. The molecule has 0 spiro atoms. The highest BCUT2D eigenvalue weighted by atomic mass is 16.6. The molecule has 44 heavy (non-hydrogen) atoms. The summed E-state index contributed by atoms with van der Waals surface area (Å²) >= 11 is 0. The number of aryl methyl sites for hydroxylation is 1. The third-order valence-corrected chi connectivity index (χ3v) is 7.49. The highest BCUT2D eigenvalue weighted by Crippen LogP contribution is 2.43. The quantitative estimate of drug-likeness (QED) is 0.241. The van der Waals surface area contributed by atoms with Gasteiger partial charge in [0.1, 0.15) is 34.9 Å². The highest BCUT2D eigenvalue weighted by molar-refractivity contribution is 5.99. The molecule has 0 heterocycles. The number of para-hydroxylation sites is 1. The number of nitrogens with one attached hydrogen (secondary N) is 2. The van der Waals surface area contributed by atoms with Gasteiger partial charge in [-0.2, -0.15) is 0 Å². The van der Waals surface area contributed by atoms with Gasteiger partial charge in [-0.1, -0.05) is 37.3 Å². The number of hydrogen-bond donors (Lipinski definition) is 4. The highest BCUT2D eigenvalue weighted by Gasteiger charge is 2.49. The third kappa shape index (κ3) is 8.00. The molecule has 1 fully saturated rings. The number of alkyl carbamates (subject to hydrolysis) is 1. The standard InChI is InChI=1S/C34H41N3O7/c1-20-8-7-9-26(30(20)39)29(31(40)35-23-12-16-25(43-6)17-13-23)37(28-18-21(28)2)32(41)27(36-33(42)44-34(3,4)5)19-22-10-14-24(38)15-11-22/h7-17,21,27-29,38-39H,18-19H2,1-6H3,(H,35,40)(H,36,42). The number of phenolic OH excluding ortho intramolecular Hbond substituents is 2. The van der Waals surface area contributed by atoms with Gasteiger partial charge >= 0.3 is 6.09 Å². The maximum Gasteiger partial charge on any atom is 0.408 e. The van der Waals surface area contributed by atoms with Crippen molar-refractivity contribution < 1.29 is 34.1 Å². The van der Waals surface area contributed by atoms with Crippen LogP contribution >= 0.6 is 0 Å². The zero-order valence-electron chi connectivity index (χ0n) is 26.0. The van der Waals surface area contributed by atoms with Crippen LogP contribution in [0.15, 0.2) is 66.7 Å². The molecule has 4 rings (SSSR count). The molecule has 1 aliphatic rings. The van der Waals surface area contributed by atoms with E-state index in [1.165, 1.54) is 17.0 Å². The smallest absolute Gasteiger partial charge is 0.408 e. The average molecular weight is 604 g/mol. The molecule has 3 amide bonds. The summed E-state index contributed by atoms with van der Waals surface area (Å²) in [5.41, 5.74) is 1.17. The van der Waals surface area contributed by atoms with E-state index in [-0.39, 0.29) is 35.4 Å². The van der Waals surface area contributed by atoms with Gasteiger partial charge in [0.15, 0.2) is 0 Å². The predicted octanol–water partition coefficient (Wildman–Crippen LogP) is 5.47. The molecule has 3 aromatic rings. The summed E-state index contributed by atoms with van der Waals surface area (Å²) in [6.07, 6.45) is -0.0676. The number of rotatable bonds is 10. The Bertz CT molecular complexity index is 1480. The molecule has 0 aliphatic heterocycles. The number of ether oxygens (including phenoxy) is 2. The van der Waals surface area contributed by atoms with E-state index in [9.17, 15) is 24.6 Å². The van der Waals surface area contributed by atoms with E-state index in [4.69, 9.17) is 9.47 Å². The molecule has 234 valence electrons. The van der Waals surface area contributed by atoms with Crippen molar-refractivity contribution in [2.24, 2.45) is 5.92 Å². The number of anilines is 1. The second kappa shape index (κ2) is 13.3. The Hall–Kier alpha value is -4.73. The van der Waals surface area contributed by atoms with E-state index in [0.29, 0.717) is 29.0 Å². The predicted molar refractivity (Wildman–Crippen MR) is 167 cm³/mol. The summed E-state index contributed by atoms with van der Waals surface area (Å²) in [4.78, 5) is 43.2. The Kier molecular flexibility index (Phi) is 9.71. The number of hydrogen-bond acceptors (Lipinski definition) is 7. The van der Waals surface area contributed by atoms with Crippen molar-refractivity contribution in [2.45, 2.75) is 71.2 Å². The molecule has 10 heteroatoms. The van der Waals surface area contributed by atoms with Crippen molar-refractivity contribution in [3.63, 3.8) is 0 Å². The second-order valence-corrected chi connectivity index (χ2v) is 12.2. The van der Waals surface area contributed by atoms with E-state index in [0.717, 1.165) is 0 Å². The summed E-state index contributed by atoms with van der Waals surface area (Å²) in [6.45, 7) is 8.88. The summed E-state index contributed by atoms with van der Waals surface area (Å²) in [7, 11) is 1.55. The molecule has 4 atom stereocenters. The maximum absolute atomic E-state index is 14.6. The number of carbonyl (C=O) groups is 3. The van der Waals surface area contributed by atoms with Gasteiger partial charge in [-0.15, -0.1) is 0 Å². The molecule has 3 aromatic carbocycles. The number of benzene rings is 3. The molecule has 0 saturated heterocycles. The molecule has 0 radical (unpaired) electrons. The first kappa shape index (κ1) is 32.2. The molecule has 0 bridgehead atoms. The number of phenols is 2. The lowest BCUT2D eigenvalue weighted by Gasteiger charge is -2.35. The summed E-state index contributed by atoms with van der Waals surface area (Å²) in [5.74, 6) is -0.361. The lowest BCUT2D eigenvalue weighted by molar-refractivity contribution is -0.141. The monoisotopic (exact) mass is 603 g/mol. The fourth-order valence-corrected chi connectivity index (χ4v) is 5.07. The number of methoxy groups -OCH3 is 1. The van der Waals surface area contributed by atoms with Crippen molar-refractivity contribution in [3.8, 4) is 17.2 Å². The zero-order chi connectivity index (χ0) is 32.2. The van der Waals surface area contributed by atoms with Crippen LogP contribution in [0.4, 0.5) is 10.5 Å². The Morgan fingerprint density at radius 1 is 1.00 bits per heavy atom. The molecular weight excluding hydrogens is 562 g/mol. The van der Waals surface area contributed by atoms with Crippen molar-refractivity contribution in [2.75, 3.05) is 12.4 Å². The summed E-state index contributed by atoms with van der Waals surface area (Å²) in [5, 5.41) is 26.6. The minimum Gasteiger partial charge on any atom is -0.508 e. The van der Waals surface area contributed by atoms with Crippen molar-refractivity contribution in [1.82, 2.24) is 10.2 Å². The Labute approximate surface area is 258 Å². The largest absolute Gasteiger partial charge is 0.508 e. The normalized spacial score (nSPS) is 17.1. The van der Waals surface area contributed by atoms with Crippen LogP contribution in [0.25, 0.3) is 0 Å². The Morgan fingerprint density at radius 2 is 1.64 bits per heavy atom. The molecule has 4 unspecified atom stereocenters. The first-order chi connectivity index (χ1) is 20.8. The molecule has 10 nitrogen and oxygen atoms in total. The van der Waals surface area contributed by atoms with E-state index < -0.39 is 35.6 Å². The van der Waals surface area contributed by atoms with Gasteiger partial charge < -0.3 is 35.2 Å². The number of carbonyl (C=O) groups excluding carboxylic acids is 3. The fourth-order valence-electron chi connectivity index (χ4n) is 5.07. The van der Waals surface area contributed by atoms with Crippen LogP contribution in [0.2, 0.25) is 0 Å². The lowest BCUT2D eigenvalue weighted by atomic mass is 9.97. The van der Waals surface area contributed by atoms with Crippen LogP contribution < -0.4 is 15.4 Å². The average Bonchev–Trinajstić information content (AvgIpc) is 3.68. The number of amides is 3. The van der Waals surface area contributed by atoms with E-state index in [1.54, 1.807) is 89.4 Å². The Balaban J connectivity index is 1.77. The molecular formula is C34H41N3O7. The minimum absolute atomic E-state index is 0.0651. The second-order valence-electron chi connectivity index (χ2n) is 12.2. The fraction of sp³-hybridized carbons (Fsp3) is 0.382. The van der Waals surface area contributed by atoms with Gasteiger partial charge in [-0.05, 0) is 87.6 Å². The van der Waals surface area contributed by atoms with Gasteiger partial charge in [0.2, 0.25) is 5.91 Å². The Morgan fingerprint density at radius 3 is 2.20 bits per heavy atom. The van der Waals surface area contributed by atoms with Crippen LogP contribution in [-0.2, 0) is 20.7 Å². The van der Waals surface area contributed by atoms with Crippen LogP contribution in [0.1, 0.15) is 56.8 Å². The molecule has 1 aliphatic carbocycles. The maximum atomic E-state index is 14.6. The van der Waals surface area contributed by atoms with E-state index in [2.05, 4.69) is 10.6 Å². The zero-order valence-corrected chi connectivity index (χ0v) is 26.0. The van der Waals surface area contributed by atoms with Crippen LogP contribution in [0, 0.1) is 12.8 Å². The first-order valence-electron chi connectivity index (χ1n) is 14.6. The summed E-state index contributed by atoms with van der Waals surface area (Å²) < 4.78 is 10.7. The first-order valence-corrected chi connectivity index (χ1v) is 14.6. The van der Waals surface area contributed by atoms with Gasteiger partial charge in [-0.25, -0.2) is 4.79 Å². The van der Waals surface area contributed by atoms with E-state index in [1.807, 2.05) is 6.92 Å². The molecule has 0 aromatic heterocycles. The van der Waals surface area contributed by atoms with Gasteiger partial charge in [0.05, 0.1) is 7.11 Å². The van der Waals surface area contributed by atoms with Crippen molar-refractivity contribution >= 4 is 23.6 Å². The minimum atomic E-state index is -1.22. The number of nitrogens with zero attached hydrogens (tertiary/aromatic N) is 1. The van der Waals surface area contributed by atoms with Crippen molar-refractivity contribution in [3.05, 3.63) is 83.4 Å². The summed E-state index contributed by atoms with van der Waals surface area (Å²) in [6, 6.07) is 15.5. The van der Waals surface area contributed by atoms with Gasteiger partial charge in [0, 0.05) is 23.7 Å². The van der Waals surface area contributed by atoms with E-state index >= 15 is 0 Å². The van der Waals surface area contributed by atoms with Crippen molar-refractivity contribution in [1.29, 1.82) is 0 Å². The third-order valence-electron chi connectivity index (χ3n) is 7.49. The SMILES string of the molecule is COc1ccc(NC(=O)C(c2cccc(C)c2O)N(C(=O)C(Cc2ccc(O)cc2)NC(=O)OC(C)(C)C)C2CC2C)cc1.